The summed E-state index contributed by atoms with van der Waals surface area (Å²) in [5.41, 5.74) is 2.22. The van der Waals surface area contributed by atoms with Gasteiger partial charge in [-0.2, -0.15) is 0 Å². The number of nitrogens with zero attached hydrogens (tertiary/aromatic N) is 3. The SMILES string of the molecule is c1ccc(CNc2nc(CN3CCOCC3)nc3ccccc23)cc1. The van der Waals surface area contributed by atoms with E-state index in [2.05, 4.69) is 40.5 Å². The number of rotatable bonds is 5. The van der Waals surface area contributed by atoms with Gasteiger partial charge in [0.05, 0.1) is 25.3 Å². The predicted molar refractivity (Wildman–Crippen MR) is 99.4 cm³/mol. The first-order valence-electron chi connectivity index (χ1n) is 8.72. The molecule has 0 saturated carbocycles. The van der Waals surface area contributed by atoms with Crippen LogP contribution in [-0.2, 0) is 17.8 Å². The summed E-state index contributed by atoms with van der Waals surface area (Å²) in [6, 6.07) is 18.5. The molecule has 5 nitrogen and oxygen atoms in total. The third-order valence-electron chi connectivity index (χ3n) is 4.42. The molecular weight excluding hydrogens is 312 g/mol. The molecule has 1 N–H and O–H groups in total. The van der Waals surface area contributed by atoms with E-state index in [4.69, 9.17) is 14.7 Å². The van der Waals surface area contributed by atoms with Crippen molar-refractivity contribution in [3.63, 3.8) is 0 Å². The summed E-state index contributed by atoms with van der Waals surface area (Å²) < 4.78 is 5.42. The molecule has 0 aliphatic carbocycles. The van der Waals surface area contributed by atoms with E-state index >= 15 is 0 Å². The molecule has 1 aliphatic heterocycles. The van der Waals surface area contributed by atoms with Crippen LogP contribution in [0.5, 0.6) is 0 Å². The fourth-order valence-electron chi connectivity index (χ4n) is 3.07. The summed E-state index contributed by atoms with van der Waals surface area (Å²) in [6.07, 6.45) is 0. The average molecular weight is 334 g/mol. The molecule has 1 aliphatic rings. The Balaban J connectivity index is 1.59. The second-order valence-electron chi connectivity index (χ2n) is 6.23. The Bertz CT molecular complexity index is 831. The highest BCUT2D eigenvalue weighted by Gasteiger charge is 2.14. The fourth-order valence-corrected chi connectivity index (χ4v) is 3.07. The lowest BCUT2D eigenvalue weighted by Gasteiger charge is -2.26. The van der Waals surface area contributed by atoms with E-state index in [1.165, 1.54) is 5.56 Å². The zero-order valence-electron chi connectivity index (χ0n) is 14.2. The highest BCUT2D eigenvalue weighted by molar-refractivity contribution is 5.88. The normalized spacial score (nSPS) is 15.4. The number of morpholine rings is 1. The van der Waals surface area contributed by atoms with Gasteiger partial charge in [-0.05, 0) is 17.7 Å². The fraction of sp³-hybridized carbons (Fsp3) is 0.300. The van der Waals surface area contributed by atoms with Crippen LogP contribution in [0, 0.1) is 0 Å². The Kier molecular flexibility index (Phi) is 4.86. The Morgan fingerprint density at radius 3 is 2.52 bits per heavy atom. The standard InChI is InChI=1S/C20H22N4O/c1-2-6-16(7-3-1)14-21-20-17-8-4-5-9-18(17)22-19(23-20)15-24-10-12-25-13-11-24/h1-9H,10-15H2,(H,21,22,23). The van der Waals surface area contributed by atoms with E-state index in [9.17, 15) is 0 Å². The van der Waals surface area contributed by atoms with Crippen molar-refractivity contribution in [1.29, 1.82) is 0 Å². The van der Waals surface area contributed by atoms with Gasteiger partial charge in [0.25, 0.3) is 0 Å². The van der Waals surface area contributed by atoms with Crippen molar-refractivity contribution in [3.8, 4) is 0 Å². The molecule has 1 saturated heterocycles. The monoisotopic (exact) mass is 334 g/mol. The Morgan fingerprint density at radius 2 is 1.68 bits per heavy atom. The summed E-state index contributed by atoms with van der Waals surface area (Å²) in [5, 5.41) is 4.55. The maximum atomic E-state index is 5.42. The second-order valence-corrected chi connectivity index (χ2v) is 6.23. The van der Waals surface area contributed by atoms with Crippen molar-refractivity contribution in [1.82, 2.24) is 14.9 Å². The van der Waals surface area contributed by atoms with E-state index in [1.54, 1.807) is 0 Å². The van der Waals surface area contributed by atoms with E-state index in [0.717, 1.165) is 61.9 Å². The first kappa shape index (κ1) is 16.0. The molecule has 1 fully saturated rings. The number of hydrogen-bond donors (Lipinski definition) is 1. The van der Waals surface area contributed by atoms with Crippen LogP contribution in [0.15, 0.2) is 54.6 Å². The minimum Gasteiger partial charge on any atom is -0.379 e. The van der Waals surface area contributed by atoms with Crippen molar-refractivity contribution in [2.75, 3.05) is 31.6 Å². The lowest BCUT2D eigenvalue weighted by Crippen LogP contribution is -2.36. The van der Waals surface area contributed by atoms with Crippen LogP contribution in [0.3, 0.4) is 0 Å². The molecule has 0 atom stereocenters. The molecule has 2 heterocycles. The maximum absolute atomic E-state index is 5.42. The van der Waals surface area contributed by atoms with Crippen LogP contribution in [0.25, 0.3) is 10.9 Å². The minimum atomic E-state index is 0.749. The molecule has 128 valence electrons. The van der Waals surface area contributed by atoms with Crippen molar-refractivity contribution >= 4 is 16.7 Å². The quantitative estimate of drug-likeness (QED) is 0.777. The third-order valence-corrected chi connectivity index (χ3v) is 4.42. The number of ether oxygens (including phenoxy) is 1. The molecular formula is C20H22N4O. The lowest BCUT2D eigenvalue weighted by molar-refractivity contribution is 0.0331. The zero-order valence-corrected chi connectivity index (χ0v) is 14.2. The Hall–Kier alpha value is -2.50. The van der Waals surface area contributed by atoms with Crippen LogP contribution in [0.2, 0.25) is 0 Å². The Morgan fingerprint density at radius 1 is 0.920 bits per heavy atom. The number of anilines is 1. The van der Waals surface area contributed by atoms with Gasteiger partial charge in [0.15, 0.2) is 0 Å². The molecule has 0 radical (unpaired) electrons. The molecule has 0 amide bonds. The number of fused-ring (bicyclic) bond motifs is 1. The third kappa shape index (κ3) is 3.95. The van der Waals surface area contributed by atoms with Gasteiger partial charge in [-0.25, -0.2) is 9.97 Å². The average Bonchev–Trinajstić information content (AvgIpc) is 2.68. The molecule has 5 heteroatoms. The molecule has 0 unspecified atom stereocenters. The van der Waals surface area contributed by atoms with Crippen LogP contribution < -0.4 is 5.32 Å². The minimum absolute atomic E-state index is 0.749. The van der Waals surface area contributed by atoms with Crippen LogP contribution in [0.1, 0.15) is 11.4 Å². The first-order valence-corrected chi connectivity index (χ1v) is 8.72. The smallest absolute Gasteiger partial charge is 0.145 e. The van der Waals surface area contributed by atoms with Crippen molar-refractivity contribution in [2.45, 2.75) is 13.1 Å². The summed E-state index contributed by atoms with van der Waals surface area (Å²) in [4.78, 5) is 11.9. The summed E-state index contributed by atoms with van der Waals surface area (Å²) in [6.45, 7) is 4.94. The van der Waals surface area contributed by atoms with E-state index < -0.39 is 0 Å². The van der Waals surface area contributed by atoms with Gasteiger partial charge in [-0.3, -0.25) is 4.90 Å². The summed E-state index contributed by atoms with van der Waals surface area (Å²) in [5.74, 6) is 1.76. The maximum Gasteiger partial charge on any atom is 0.145 e. The molecule has 2 aromatic carbocycles. The molecule has 0 spiro atoms. The second kappa shape index (κ2) is 7.59. The van der Waals surface area contributed by atoms with E-state index in [0.29, 0.717) is 0 Å². The van der Waals surface area contributed by atoms with Crippen LogP contribution in [0.4, 0.5) is 5.82 Å². The van der Waals surface area contributed by atoms with Gasteiger partial charge < -0.3 is 10.1 Å². The number of para-hydroxylation sites is 1. The van der Waals surface area contributed by atoms with Gasteiger partial charge in [0, 0.05) is 25.0 Å². The van der Waals surface area contributed by atoms with Crippen molar-refractivity contribution < 1.29 is 4.74 Å². The number of hydrogen-bond acceptors (Lipinski definition) is 5. The molecule has 25 heavy (non-hydrogen) atoms. The topological polar surface area (TPSA) is 50.3 Å². The summed E-state index contributed by atoms with van der Waals surface area (Å²) in [7, 11) is 0. The molecule has 1 aromatic heterocycles. The van der Waals surface area contributed by atoms with E-state index in [-0.39, 0.29) is 0 Å². The number of nitrogens with one attached hydrogen (secondary N) is 1. The molecule has 0 bridgehead atoms. The van der Waals surface area contributed by atoms with Gasteiger partial charge in [0.1, 0.15) is 11.6 Å². The van der Waals surface area contributed by atoms with Gasteiger partial charge in [0.2, 0.25) is 0 Å². The van der Waals surface area contributed by atoms with Crippen LogP contribution >= 0.6 is 0 Å². The van der Waals surface area contributed by atoms with Crippen molar-refractivity contribution in [2.24, 2.45) is 0 Å². The lowest BCUT2D eigenvalue weighted by atomic mass is 10.2. The highest BCUT2D eigenvalue weighted by Crippen LogP contribution is 2.21. The summed E-state index contributed by atoms with van der Waals surface area (Å²) >= 11 is 0. The Labute approximate surface area is 147 Å². The zero-order chi connectivity index (χ0) is 16.9. The van der Waals surface area contributed by atoms with Gasteiger partial charge in [-0.1, -0.05) is 42.5 Å². The van der Waals surface area contributed by atoms with Gasteiger partial charge >= 0.3 is 0 Å². The van der Waals surface area contributed by atoms with E-state index in [1.807, 2.05) is 24.3 Å². The highest BCUT2D eigenvalue weighted by atomic mass is 16.5. The van der Waals surface area contributed by atoms with Crippen molar-refractivity contribution in [3.05, 3.63) is 66.0 Å². The predicted octanol–water partition coefficient (Wildman–Crippen LogP) is 3.07. The first-order chi connectivity index (χ1) is 12.4. The number of benzene rings is 2. The largest absolute Gasteiger partial charge is 0.379 e. The molecule has 3 aromatic rings. The van der Waals surface area contributed by atoms with Crippen LogP contribution in [-0.4, -0.2) is 41.2 Å². The number of aromatic nitrogens is 2. The van der Waals surface area contributed by atoms with Gasteiger partial charge in [-0.15, -0.1) is 0 Å². The molecule has 4 rings (SSSR count).